The molecule has 5 nitrogen and oxygen atoms in total. The number of fused-ring (bicyclic) bond motifs is 1. The third-order valence-electron chi connectivity index (χ3n) is 3.15. The van der Waals surface area contributed by atoms with Crippen molar-refractivity contribution in [1.29, 1.82) is 0 Å². The molecule has 0 saturated heterocycles. The van der Waals surface area contributed by atoms with E-state index in [0.29, 0.717) is 12.3 Å². The van der Waals surface area contributed by atoms with Crippen molar-refractivity contribution in [1.82, 2.24) is 15.5 Å². The molecule has 0 radical (unpaired) electrons. The topological polar surface area (TPSA) is 67.0 Å². The zero-order valence-corrected chi connectivity index (χ0v) is 11.8. The van der Waals surface area contributed by atoms with Crippen LogP contribution in [0.1, 0.15) is 33.4 Å². The highest BCUT2D eigenvalue weighted by atomic mass is 79.9. The molecule has 3 rings (SSSR count). The summed E-state index contributed by atoms with van der Waals surface area (Å²) in [5, 5.41) is 9.88. The van der Waals surface area contributed by atoms with E-state index >= 15 is 0 Å². The molecule has 6 heteroatoms. The minimum atomic E-state index is -0.167. The van der Waals surface area contributed by atoms with E-state index in [1.807, 2.05) is 24.3 Å². The molecule has 0 fully saturated rings. The van der Waals surface area contributed by atoms with Gasteiger partial charge in [-0.2, -0.15) is 5.10 Å². The molecule has 2 heterocycles. The van der Waals surface area contributed by atoms with Gasteiger partial charge in [-0.05, 0) is 17.7 Å². The van der Waals surface area contributed by atoms with E-state index in [2.05, 4.69) is 31.4 Å². The minimum absolute atomic E-state index is 0.151. The maximum absolute atomic E-state index is 11.9. The number of hydrogen-bond acceptors (Lipinski definition) is 3. The van der Waals surface area contributed by atoms with Crippen LogP contribution in [0.15, 0.2) is 28.7 Å². The lowest BCUT2D eigenvalue weighted by molar-refractivity contribution is 0.0955. The quantitative estimate of drug-likeness (QED) is 0.910. The van der Waals surface area contributed by atoms with Crippen molar-refractivity contribution < 1.29 is 9.53 Å². The Morgan fingerprint density at radius 1 is 1.37 bits per heavy atom. The lowest BCUT2D eigenvalue weighted by Gasteiger charge is -2.13. The number of halogens is 1. The molecule has 0 bridgehead atoms. The van der Waals surface area contributed by atoms with Crippen LogP contribution in [0.25, 0.3) is 0 Å². The number of aromatic nitrogens is 2. The van der Waals surface area contributed by atoms with Crippen LogP contribution in [0.5, 0.6) is 0 Å². The van der Waals surface area contributed by atoms with Gasteiger partial charge >= 0.3 is 0 Å². The number of ether oxygens (including phenoxy) is 1. The molecule has 0 spiro atoms. The van der Waals surface area contributed by atoms with Crippen LogP contribution in [-0.4, -0.2) is 23.2 Å². The van der Waals surface area contributed by atoms with Gasteiger partial charge in [0.2, 0.25) is 0 Å². The van der Waals surface area contributed by atoms with E-state index in [1.165, 1.54) is 0 Å². The zero-order chi connectivity index (χ0) is 13.4. The first-order valence-corrected chi connectivity index (χ1v) is 6.62. The van der Waals surface area contributed by atoms with Crippen molar-refractivity contribution in [3.63, 3.8) is 0 Å². The lowest BCUT2D eigenvalue weighted by Crippen LogP contribution is -2.21. The Labute approximate surface area is 118 Å². The van der Waals surface area contributed by atoms with Crippen LogP contribution < -0.4 is 5.32 Å². The van der Waals surface area contributed by atoms with E-state index in [1.54, 1.807) is 7.11 Å². The first-order chi connectivity index (χ1) is 9.20. The van der Waals surface area contributed by atoms with E-state index in [-0.39, 0.29) is 11.9 Å². The Bertz CT molecular complexity index is 621. The van der Waals surface area contributed by atoms with Crippen molar-refractivity contribution in [3.05, 3.63) is 51.3 Å². The van der Waals surface area contributed by atoms with Crippen LogP contribution in [0, 0.1) is 0 Å². The summed E-state index contributed by atoms with van der Waals surface area (Å²) in [6.45, 7) is 0.407. The van der Waals surface area contributed by atoms with Gasteiger partial charge in [-0.15, -0.1) is 0 Å². The molecule has 1 unspecified atom stereocenters. The molecule has 1 aliphatic rings. The SMILES string of the molecule is COCc1[nH]nc2c1C(c1ccc(Br)cc1)NC2=O. The first kappa shape index (κ1) is 12.4. The highest BCUT2D eigenvalue weighted by molar-refractivity contribution is 9.10. The highest BCUT2D eigenvalue weighted by Crippen LogP contribution is 2.32. The monoisotopic (exact) mass is 321 g/mol. The fraction of sp³-hybridized carbons (Fsp3) is 0.231. The molecule has 1 amide bonds. The van der Waals surface area contributed by atoms with Crippen LogP contribution in [0.2, 0.25) is 0 Å². The number of aromatic amines is 1. The van der Waals surface area contributed by atoms with Gasteiger partial charge in [0.25, 0.3) is 5.91 Å². The van der Waals surface area contributed by atoms with Crippen molar-refractivity contribution >= 4 is 21.8 Å². The van der Waals surface area contributed by atoms with Crippen molar-refractivity contribution in [2.45, 2.75) is 12.6 Å². The van der Waals surface area contributed by atoms with Crippen LogP contribution in [0.3, 0.4) is 0 Å². The van der Waals surface area contributed by atoms with Gasteiger partial charge in [0, 0.05) is 17.1 Å². The second-order valence-electron chi connectivity index (χ2n) is 4.36. The van der Waals surface area contributed by atoms with Gasteiger partial charge in [-0.1, -0.05) is 28.1 Å². The molecule has 0 saturated carbocycles. The first-order valence-electron chi connectivity index (χ1n) is 5.83. The second kappa shape index (κ2) is 4.79. The molecule has 0 aliphatic carbocycles. The van der Waals surface area contributed by atoms with Crippen LogP contribution in [0.4, 0.5) is 0 Å². The predicted octanol–water partition coefficient (Wildman–Crippen LogP) is 2.15. The summed E-state index contributed by atoms with van der Waals surface area (Å²) in [6.07, 6.45) is 0. The van der Waals surface area contributed by atoms with E-state index in [0.717, 1.165) is 21.3 Å². The summed E-state index contributed by atoms with van der Waals surface area (Å²) in [6, 6.07) is 7.70. The Morgan fingerprint density at radius 3 is 2.79 bits per heavy atom. The number of nitrogens with one attached hydrogen (secondary N) is 2. The Morgan fingerprint density at radius 2 is 2.11 bits per heavy atom. The summed E-state index contributed by atoms with van der Waals surface area (Å²) in [5.41, 5.74) is 3.20. The molecule has 19 heavy (non-hydrogen) atoms. The molecule has 2 N–H and O–H groups in total. The van der Waals surface area contributed by atoms with E-state index in [9.17, 15) is 4.79 Å². The smallest absolute Gasteiger partial charge is 0.272 e. The van der Waals surface area contributed by atoms with Gasteiger partial charge in [-0.25, -0.2) is 0 Å². The average Bonchev–Trinajstić information content (AvgIpc) is 2.94. The average molecular weight is 322 g/mol. The van der Waals surface area contributed by atoms with Crippen molar-refractivity contribution in [2.75, 3.05) is 7.11 Å². The molecular weight excluding hydrogens is 310 g/mol. The standard InChI is InChI=1S/C13H12BrN3O2/c1-19-6-9-10-11(7-2-4-8(14)5-3-7)15-13(18)12(10)17-16-9/h2-5,11H,6H2,1H3,(H,15,18)(H,16,17). The number of H-pyrrole nitrogens is 1. The minimum Gasteiger partial charge on any atom is -0.378 e. The zero-order valence-electron chi connectivity index (χ0n) is 10.2. The third kappa shape index (κ3) is 2.06. The third-order valence-corrected chi connectivity index (χ3v) is 3.68. The number of amides is 1. The Balaban J connectivity index is 2.04. The number of hydrogen-bond donors (Lipinski definition) is 2. The largest absolute Gasteiger partial charge is 0.378 e. The number of nitrogens with zero attached hydrogens (tertiary/aromatic N) is 1. The summed E-state index contributed by atoms with van der Waals surface area (Å²) in [4.78, 5) is 11.9. The summed E-state index contributed by atoms with van der Waals surface area (Å²) in [7, 11) is 1.62. The molecule has 98 valence electrons. The molecule has 2 aromatic rings. The molecule has 1 atom stereocenters. The highest BCUT2D eigenvalue weighted by Gasteiger charge is 2.35. The molecule has 1 aliphatic heterocycles. The fourth-order valence-corrected chi connectivity index (χ4v) is 2.57. The lowest BCUT2D eigenvalue weighted by atomic mass is 10.00. The molecule has 1 aromatic carbocycles. The second-order valence-corrected chi connectivity index (χ2v) is 5.27. The van der Waals surface area contributed by atoms with E-state index in [4.69, 9.17) is 4.74 Å². The van der Waals surface area contributed by atoms with Crippen molar-refractivity contribution in [3.8, 4) is 0 Å². The van der Waals surface area contributed by atoms with Gasteiger partial charge < -0.3 is 10.1 Å². The van der Waals surface area contributed by atoms with Gasteiger partial charge in [0.15, 0.2) is 5.69 Å². The maximum Gasteiger partial charge on any atom is 0.272 e. The number of carbonyl (C=O) groups excluding carboxylic acids is 1. The van der Waals surface area contributed by atoms with Crippen LogP contribution in [-0.2, 0) is 11.3 Å². The number of carbonyl (C=O) groups is 1. The van der Waals surface area contributed by atoms with Crippen LogP contribution >= 0.6 is 15.9 Å². The number of methoxy groups -OCH3 is 1. The number of benzene rings is 1. The summed E-state index contributed by atoms with van der Waals surface area (Å²) in [5.74, 6) is -0.151. The summed E-state index contributed by atoms with van der Waals surface area (Å²) >= 11 is 3.40. The number of rotatable bonds is 3. The molecule has 1 aromatic heterocycles. The summed E-state index contributed by atoms with van der Waals surface area (Å²) < 4.78 is 6.14. The van der Waals surface area contributed by atoms with Gasteiger partial charge in [-0.3, -0.25) is 9.89 Å². The maximum atomic E-state index is 11.9. The normalized spacial score (nSPS) is 17.4. The fourth-order valence-electron chi connectivity index (χ4n) is 2.30. The Kier molecular flexibility index (Phi) is 3.12. The van der Waals surface area contributed by atoms with Gasteiger partial charge in [0.1, 0.15) is 0 Å². The van der Waals surface area contributed by atoms with E-state index < -0.39 is 0 Å². The molecular formula is C13H12BrN3O2. The van der Waals surface area contributed by atoms with Gasteiger partial charge in [0.05, 0.1) is 18.3 Å². The Hall–Kier alpha value is -1.66. The van der Waals surface area contributed by atoms with Crippen molar-refractivity contribution in [2.24, 2.45) is 0 Å². The predicted molar refractivity (Wildman–Crippen MR) is 72.8 cm³/mol.